The van der Waals surface area contributed by atoms with Crippen molar-refractivity contribution in [3.8, 4) is 0 Å². The third-order valence-electron chi connectivity index (χ3n) is 3.81. The van der Waals surface area contributed by atoms with Crippen molar-refractivity contribution in [2.75, 3.05) is 17.7 Å². The van der Waals surface area contributed by atoms with Gasteiger partial charge in [0.1, 0.15) is 0 Å². The normalized spacial score (nSPS) is 29.1. The monoisotopic (exact) mass is 188 g/mol. The van der Waals surface area contributed by atoms with Gasteiger partial charge in [0.25, 0.3) is 0 Å². The maximum atomic E-state index is 5.84. The first-order valence-corrected chi connectivity index (χ1v) is 5.39. The van der Waals surface area contributed by atoms with Gasteiger partial charge in [0, 0.05) is 30.4 Å². The molecule has 0 amide bonds. The highest BCUT2D eigenvalue weighted by Crippen LogP contribution is 2.48. The Kier molecular flexibility index (Phi) is 1.55. The van der Waals surface area contributed by atoms with E-state index < -0.39 is 0 Å². The Balaban J connectivity index is 2.13. The van der Waals surface area contributed by atoms with Crippen LogP contribution >= 0.6 is 0 Å². The van der Waals surface area contributed by atoms with Crippen LogP contribution in [-0.4, -0.2) is 13.1 Å². The molecule has 14 heavy (non-hydrogen) atoms. The second-order valence-electron chi connectivity index (χ2n) is 4.53. The third-order valence-corrected chi connectivity index (χ3v) is 3.81. The average Bonchev–Trinajstić information content (AvgIpc) is 2.71. The fourth-order valence-electron chi connectivity index (χ4n) is 3.14. The second-order valence-corrected chi connectivity index (χ2v) is 4.53. The van der Waals surface area contributed by atoms with Crippen LogP contribution in [0.15, 0.2) is 18.2 Å². The van der Waals surface area contributed by atoms with Crippen molar-refractivity contribution in [3.63, 3.8) is 0 Å². The highest BCUT2D eigenvalue weighted by Gasteiger charge is 2.39. The van der Waals surface area contributed by atoms with Gasteiger partial charge in [-0.15, -0.1) is 0 Å². The van der Waals surface area contributed by atoms with E-state index in [2.05, 4.69) is 24.1 Å². The van der Waals surface area contributed by atoms with Gasteiger partial charge in [-0.25, -0.2) is 0 Å². The molecule has 0 bridgehead atoms. The number of hydrogen-bond donors (Lipinski definition) is 1. The number of anilines is 2. The van der Waals surface area contributed by atoms with Crippen LogP contribution in [-0.2, 0) is 0 Å². The summed E-state index contributed by atoms with van der Waals surface area (Å²) in [6.45, 7) is 0. The summed E-state index contributed by atoms with van der Waals surface area (Å²) in [4.78, 5) is 2.44. The van der Waals surface area contributed by atoms with E-state index in [0.29, 0.717) is 0 Å². The summed E-state index contributed by atoms with van der Waals surface area (Å²) in [5.41, 5.74) is 9.63. The number of fused-ring (bicyclic) bond motifs is 3. The zero-order chi connectivity index (χ0) is 9.71. The predicted molar refractivity (Wildman–Crippen MR) is 59.6 cm³/mol. The molecule has 0 aromatic heterocycles. The number of rotatable bonds is 0. The largest absolute Gasteiger partial charge is 0.399 e. The third kappa shape index (κ3) is 0.912. The molecule has 0 radical (unpaired) electrons. The molecule has 2 unspecified atom stereocenters. The number of nitrogen functional groups attached to an aromatic ring is 1. The summed E-state index contributed by atoms with van der Waals surface area (Å²) in [7, 11) is 2.21. The maximum absolute atomic E-state index is 5.84. The standard InChI is InChI=1S/C12H16N2/c1-14-11-4-2-3-9(11)10-7-8(13)5-6-12(10)14/h5-7,9,11H,2-4,13H2,1H3. The van der Waals surface area contributed by atoms with Crippen molar-refractivity contribution >= 4 is 11.4 Å². The average molecular weight is 188 g/mol. The Hall–Kier alpha value is -1.18. The molecule has 1 saturated carbocycles. The van der Waals surface area contributed by atoms with E-state index in [4.69, 9.17) is 5.73 Å². The van der Waals surface area contributed by atoms with E-state index in [1.807, 2.05) is 6.07 Å². The highest BCUT2D eigenvalue weighted by atomic mass is 15.2. The lowest BCUT2D eigenvalue weighted by atomic mass is 9.97. The Morgan fingerprint density at radius 3 is 3.07 bits per heavy atom. The Bertz CT molecular complexity index is 373. The molecule has 2 aliphatic rings. The van der Waals surface area contributed by atoms with Gasteiger partial charge in [-0.3, -0.25) is 0 Å². The number of likely N-dealkylation sites (N-methyl/N-ethyl adjacent to an activating group) is 1. The molecule has 1 aliphatic heterocycles. The zero-order valence-corrected chi connectivity index (χ0v) is 8.53. The van der Waals surface area contributed by atoms with Crippen LogP contribution < -0.4 is 10.6 Å². The minimum absolute atomic E-state index is 0.742. The van der Waals surface area contributed by atoms with Crippen LogP contribution in [0.5, 0.6) is 0 Å². The number of benzene rings is 1. The van der Waals surface area contributed by atoms with Gasteiger partial charge in [0.05, 0.1) is 0 Å². The van der Waals surface area contributed by atoms with Crippen molar-refractivity contribution in [3.05, 3.63) is 23.8 Å². The quantitative estimate of drug-likeness (QED) is 0.633. The molecule has 1 aromatic carbocycles. The molecule has 2 atom stereocenters. The van der Waals surface area contributed by atoms with Gasteiger partial charge in [0.15, 0.2) is 0 Å². The summed E-state index contributed by atoms with van der Waals surface area (Å²) in [6.07, 6.45) is 4.05. The lowest BCUT2D eigenvalue weighted by Crippen LogP contribution is -2.26. The van der Waals surface area contributed by atoms with Crippen molar-refractivity contribution < 1.29 is 0 Å². The second kappa shape index (κ2) is 2.66. The van der Waals surface area contributed by atoms with Crippen LogP contribution in [0.25, 0.3) is 0 Å². The Morgan fingerprint density at radius 1 is 1.36 bits per heavy atom. The van der Waals surface area contributed by atoms with Gasteiger partial charge >= 0.3 is 0 Å². The SMILES string of the molecule is CN1c2ccc(N)cc2C2CCCC21. The van der Waals surface area contributed by atoms with Crippen LogP contribution in [0.2, 0.25) is 0 Å². The van der Waals surface area contributed by atoms with Crippen LogP contribution in [0, 0.1) is 0 Å². The van der Waals surface area contributed by atoms with Gasteiger partial charge in [-0.1, -0.05) is 6.42 Å². The molecule has 2 heteroatoms. The van der Waals surface area contributed by atoms with Crippen molar-refractivity contribution in [2.24, 2.45) is 0 Å². The van der Waals surface area contributed by atoms with Crippen LogP contribution in [0.1, 0.15) is 30.7 Å². The number of nitrogens with zero attached hydrogens (tertiary/aromatic N) is 1. The topological polar surface area (TPSA) is 29.3 Å². The zero-order valence-electron chi connectivity index (χ0n) is 8.53. The first kappa shape index (κ1) is 8.16. The molecule has 2 N–H and O–H groups in total. The van der Waals surface area contributed by atoms with E-state index >= 15 is 0 Å². The van der Waals surface area contributed by atoms with Crippen molar-refractivity contribution in [1.82, 2.24) is 0 Å². The van der Waals surface area contributed by atoms with E-state index in [1.165, 1.54) is 30.5 Å². The first-order chi connectivity index (χ1) is 6.77. The molecular formula is C12H16N2. The van der Waals surface area contributed by atoms with Crippen LogP contribution in [0.3, 0.4) is 0 Å². The minimum atomic E-state index is 0.742. The highest BCUT2D eigenvalue weighted by molar-refractivity contribution is 5.66. The van der Waals surface area contributed by atoms with Gasteiger partial charge < -0.3 is 10.6 Å². The Morgan fingerprint density at radius 2 is 2.21 bits per heavy atom. The first-order valence-electron chi connectivity index (χ1n) is 5.39. The van der Waals surface area contributed by atoms with Crippen molar-refractivity contribution in [2.45, 2.75) is 31.2 Å². The Labute approximate surface area is 84.7 Å². The molecule has 0 spiro atoms. The van der Waals surface area contributed by atoms with E-state index in [-0.39, 0.29) is 0 Å². The maximum Gasteiger partial charge on any atom is 0.0404 e. The number of nitrogens with two attached hydrogens (primary N) is 1. The lowest BCUT2D eigenvalue weighted by Gasteiger charge is -2.21. The predicted octanol–water partition coefficient (Wildman–Crippen LogP) is 2.35. The summed E-state index contributed by atoms with van der Waals surface area (Å²) in [5, 5.41) is 0. The molecular weight excluding hydrogens is 172 g/mol. The van der Waals surface area contributed by atoms with Gasteiger partial charge in [0.2, 0.25) is 0 Å². The molecule has 0 saturated heterocycles. The van der Waals surface area contributed by atoms with E-state index in [0.717, 1.165) is 17.6 Å². The smallest absolute Gasteiger partial charge is 0.0404 e. The number of hydrogen-bond acceptors (Lipinski definition) is 2. The summed E-state index contributed by atoms with van der Waals surface area (Å²) >= 11 is 0. The summed E-state index contributed by atoms with van der Waals surface area (Å²) in [6, 6.07) is 7.09. The van der Waals surface area contributed by atoms with E-state index in [1.54, 1.807) is 0 Å². The van der Waals surface area contributed by atoms with Gasteiger partial charge in [-0.2, -0.15) is 0 Å². The molecule has 1 aromatic rings. The fourth-order valence-corrected chi connectivity index (χ4v) is 3.14. The minimum Gasteiger partial charge on any atom is -0.399 e. The lowest BCUT2D eigenvalue weighted by molar-refractivity contribution is 0.625. The molecule has 1 heterocycles. The van der Waals surface area contributed by atoms with Gasteiger partial charge in [-0.05, 0) is 36.6 Å². The molecule has 74 valence electrons. The van der Waals surface area contributed by atoms with Crippen LogP contribution in [0.4, 0.5) is 11.4 Å². The molecule has 3 rings (SSSR count). The fraction of sp³-hybridized carbons (Fsp3) is 0.500. The molecule has 2 nitrogen and oxygen atoms in total. The summed E-state index contributed by atoms with van der Waals surface area (Å²) in [5.74, 6) is 0.749. The molecule has 1 fully saturated rings. The summed E-state index contributed by atoms with van der Waals surface area (Å²) < 4.78 is 0. The van der Waals surface area contributed by atoms with Crippen molar-refractivity contribution in [1.29, 1.82) is 0 Å². The van der Waals surface area contributed by atoms with E-state index in [9.17, 15) is 0 Å². The molecule has 1 aliphatic carbocycles.